The topological polar surface area (TPSA) is 64.9 Å². The van der Waals surface area contributed by atoms with Crippen LogP contribution in [0.4, 0.5) is 13.2 Å². The van der Waals surface area contributed by atoms with Gasteiger partial charge >= 0.3 is 12.1 Å². The number of hydrogen-bond donors (Lipinski definition) is 1. The van der Waals surface area contributed by atoms with Gasteiger partial charge < -0.3 is 10.3 Å². The lowest BCUT2D eigenvalue weighted by Gasteiger charge is -2.08. The van der Waals surface area contributed by atoms with Gasteiger partial charge in [0.15, 0.2) is 5.82 Å². The summed E-state index contributed by atoms with van der Waals surface area (Å²) in [5, 5.41) is 3.20. The van der Waals surface area contributed by atoms with Crippen LogP contribution >= 0.6 is 0 Å². The molecule has 1 rings (SSSR count). The Balaban J connectivity index is 2.76. The SMILES string of the molecule is CC(C)CC(N)c1noc(C(F)(F)F)n1. The fourth-order valence-electron chi connectivity index (χ4n) is 1.11. The van der Waals surface area contributed by atoms with Crippen molar-refractivity contribution in [2.24, 2.45) is 11.7 Å². The van der Waals surface area contributed by atoms with E-state index in [9.17, 15) is 13.2 Å². The summed E-state index contributed by atoms with van der Waals surface area (Å²) in [6.07, 6.45) is -4.10. The molecule has 1 heterocycles. The molecular weight excluding hydrogens is 211 g/mol. The van der Waals surface area contributed by atoms with Gasteiger partial charge in [0.2, 0.25) is 0 Å². The summed E-state index contributed by atoms with van der Waals surface area (Å²) in [6, 6.07) is -0.621. The molecule has 0 aliphatic carbocycles. The van der Waals surface area contributed by atoms with Crippen molar-refractivity contribution in [1.82, 2.24) is 10.1 Å². The van der Waals surface area contributed by atoms with Crippen molar-refractivity contribution in [3.63, 3.8) is 0 Å². The van der Waals surface area contributed by atoms with E-state index in [2.05, 4.69) is 14.7 Å². The predicted octanol–water partition coefficient (Wildman–Crippen LogP) is 2.13. The molecule has 4 nitrogen and oxygen atoms in total. The van der Waals surface area contributed by atoms with Crippen LogP contribution in [0.15, 0.2) is 4.52 Å². The maximum absolute atomic E-state index is 12.1. The van der Waals surface area contributed by atoms with Crippen LogP contribution in [0.5, 0.6) is 0 Å². The largest absolute Gasteiger partial charge is 0.471 e. The molecule has 0 saturated heterocycles. The van der Waals surface area contributed by atoms with E-state index in [1.165, 1.54) is 0 Å². The minimum Gasteiger partial charge on any atom is -0.329 e. The average molecular weight is 223 g/mol. The highest BCUT2D eigenvalue weighted by Crippen LogP contribution is 2.28. The number of rotatable bonds is 3. The van der Waals surface area contributed by atoms with Crippen molar-refractivity contribution >= 4 is 0 Å². The van der Waals surface area contributed by atoms with Crippen molar-refractivity contribution in [3.8, 4) is 0 Å². The highest BCUT2D eigenvalue weighted by Gasteiger charge is 2.38. The first-order valence-electron chi connectivity index (χ1n) is 4.47. The minimum atomic E-state index is -4.61. The Morgan fingerprint density at radius 3 is 2.40 bits per heavy atom. The van der Waals surface area contributed by atoms with E-state index in [1.54, 1.807) is 0 Å². The van der Waals surface area contributed by atoms with Crippen molar-refractivity contribution in [1.29, 1.82) is 0 Å². The van der Waals surface area contributed by atoms with Gasteiger partial charge in [-0.05, 0) is 12.3 Å². The van der Waals surface area contributed by atoms with Crippen LogP contribution in [0.3, 0.4) is 0 Å². The van der Waals surface area contributed by atoms with E-state index in [1.807, 2.05) is 13.8 Å². The quantitative estimate of drug-likeness (QED) is 0.852. The molecule has 1 unspecified atom stereocenters. The van der Waals surface area contributed by atoms with Gasteiger partial charge in [0, 0.05) is 0 Å². The van der Waals surface area contributed by atoms with E-state index in [0.717, 1.165) is 0 Å². The second-order valence-electron chi connectivity index (χ2n) is 3.69. The van der Waals surface area contributed by atoms with E-state index >= 15 is 0 Å². The molecule has 15 heavy (non-hydrogen) atoms. The first kappa shape index (κ1) is 12.0. The molecule has 0 aliphatic heterocycles. The number of alkyl halides is 3. The molecule has 0 spiro atoms. The van der Waals surface area contributed by atoms with Gasteiger partial charge in [-0.2, -0.15) is 18.2 Å². The van der Waals surface area contributed by atoms with Gasteiger partial charge in [0.05, 0.1) is 6.04 Å². The lowest BCUT2D eigenvalue weighted by Crippen LogP contribution is -2.15. The predicted molar refractivity (Wildman–Crippen MR) is 45.7 cm³/mol. The number of hydrogen-bond acceptors (Lipinski definition) is 4. The summed E-state index contributed by atoms with van der Waals surface area (Å²) in [4.78, 5) is 3.21. The first-order valence-corrected chi connectivity index (χ1v) is 4.47. The van der Waals surface area contributed by atoms with Gasteiger partial charge in [0.25, 0.3) is 0 Å². The molecule has 0 aromatic carbocycles. The van der Waals surface area contributed by atoms with E-state index in [-0.39, 0.29) is 11.7 Å². The van der Waals surface area contributed by atoms with Crippen molar-refractivity contribution in [2.75, 3.05) is 0 Å². The van der Waals surface area contributed by atoms with Crippen molar-refractivity contribution in [2.45, 2.75) is 32.5 Å². The third kappa shape index (κ3) is 3.19. The molecule has 0 bridgehead atoms. The summed E-state index contributed by atoms with van der Waals surface area (Å²) >= 11 is 0. The Morgan fingerprint density at radius 2 is 2.00 bits per heavy atom. The molecule has 1 aromatic rings. The maximum atomic E-state index is 12.1. The third-order valence-electron chi connectivity index (χ3n) is 1.74. The molecule has 86 valence electrons. The van der Waals surface area contributed by atoms with Gasteiger partial charge in [-0.1, -0.05) is 19.0 Å². The van der Waals surface area contributed by atoms with Crippen LogP contribution in [0, 0.1) is 5.92 Å². The molecule has 1 atom stereocenters. The lowest BCUT2D eigenvalue weighted by molar-refractivity contribution is -0.159. The van der Waals surface area contributed by atoms with Gasteiger partial charge in [0.1, 0.15) is 0 Å². The Bertz CT molecular complexity index is 321. The molecule has 0 saturated carbocycles. The molecule has 7 heteroatoms. The molecule has 2 N–H and O–H groups in total. The highest BCUT2D eigenvalue weighted by molar-refractivity contribution is 4.95. The summed E-state index contributed by atoms with van der Waals surface area (Å²) in [5.74, 6) is -1.19. The van der Waals surface area contributed by atoms with Crippen LogP contribution < -0.4 is 5.73 Å². The highest BCUT2D eigenvalue weighted by atomic mass is 19.4. The standard InChI is InChI=1S/C8H12F3N3O/c1-4(2)3-5(12)6-13-7(15-14-6)8(9,10)11/h4-5H,3,12H2,1-2H3. The second kappa shape index (κ2) is 4.18. The van der Waals surface area contributed by atoms with E-state index in [4.69, 9.17) is 5.73 Å². The zero-order valence-corrected chi connectivity index (χ0v) is 8.38. The van der Waals surface area contributed by atoms with Crippen LogP contribution in [0.25, 0.3) is 0 Å². The Morgan fingerprint density at radius 1 is 1.40 bits per heavy atom. The van der Waals surface area contributed by atoms with Crippen molar-refractivity contribution < 1.29 is 17.7 Å². The van der Waals surface area contributed by atoms with Gasteiger partial charge in [-0.25, -0.2) is 0 Å². The molecule has 1 aromatic heterocycles. The van der Waals surface area contributed by atoms with Crippen LogP contribution in [-0.2, 0) is 6.18 Å². The lowest BCUT2D eigenvalue weighted by atomic mass is 10.0. The fourth-order valence-corrected chi connectivity index (χ4v) is 1.11. The number of nitrogens with zero attached hydrogens (tertiary/aromatic N) is 2. The van der Waals surface area contributed by atoms with Gasteiger partial charge in [-0.3, -0.25) is 0 Å². The maximum Gasteiger partial charge on any atom is 0.471 e. The molecule has 0 amide bonds. The second-order valence-corrected chi connectivity index (χ2v) is 3.69. The Hall–Kier alpha value is -1.11. The summed E-state index contributed by atoms with van der Waals surface area (Å²) in [5.41, 5.74) is 5.60. The molecule has 0 aliphatic rings. The van der Waals surface area contributed by atoms with Gasteiger partial charge in [-0.15, -0.1) is 0 Å². The Kier molecular flexibility index (Phi) is 3.33. The first-order chi connectivity index (χ1) is 6.80. The number of nitrogens with two attached hydrogens (primary N) is 1. The zero-order chi connectivity index (χ0) is 11.6. The fraction of sp³-hybridized carbons (Fsp3) is 0.750. The summed E-state index contributed by atoms with van der Waals surface area (Å²) in [7, 11) is 0. The average Bonchev–Trinajstić information content (AvgIpc) is 2.48. The smallest absolute Gasteiger partial charge is 0.329 e. The van der Waals surface area contributed by atoms with Crippen LogP contribution in [0.1, 0.15) is 38.0 Å². The summed E-state index contributed by atoms with van der Waals surface area (Å²) in [6.45, 7) is 3.81. The molecule has 0 radical (unpaired) electrons. The van der Waals surface area contributed by atoms with E-state index < -0.39 is 18.1 Å². The number of aromatic nitrogens is 2. The number of halogens is 3. The Labute approximate surface area is 84.6 Å². The van der Waals surface area contributed by atoms with Crippen LogP contribution in [0.2, 0.25) is 0 Å². The summed E-state index contributed by atoms with van der Waals surface area (Å²) < 4.78 is 40.3. The minimum absolute atomic E-state index is 0.101. The van der Waals surface area contributed by atoms with Crippen molar-refractivity contribution in [3.05, 3.63) is 11.7 Å². The zero-order valence-electron chi connectivity index (χ0n) is 8.38. The normalized spacial score (nSPS) is 14.6. The molecular formula is C8H12F3N3O. The van der Waals surface area contributed by atoms with E-state index in [0.29, 0.717) is 6.42 Å². The third-order valence-corrected chi connectivity index (χ3v) is 1.74. The van der Waals surface area contributed by atoms with Crippen LogP contribution in [-0.4, -0.2) is 10.1 Å². The molecule has 0 fully saturated rings. The monoisotopic (exact) mass is 223 g/mol.